The highest BCUT2D eigenvalue weighted by molar-refractivity contribution is 5.91. The van der Waals surface area contributed by atoms with Gasteiger partial charge >= 0.3 is 0 Å². The second kappa shape index (κ2) is 6.43. The number of carbonyl (C=O) groups excluding carboxylic acids is 1. The first-order valence-electron chi connectivity index (χ1n) is 7.17. The highest BCUT2D eigenvalue weighted by Gasteiger charge is 2.26. The number of amides is 1. The molecule has 2 aromatic rings. The molecule has 1 saturated heterocycles. The monoisotopic (exact) mass is 299 g/mol. The maximum Gasteiger partial charge on any atom is 0.246 e. The predicted molar refractivity (Wildman–Crippen MR) is 80.1 cm³/mol. The Morgan fingerprint density at radius 1 is 1.50 bits per heavy atom. The lowest BCUT2D eigenvalue weighted by Gasteiger charge is -2.15. The van der Waals surface area contributed by atoms with Gasteiger partial charge in [0.15, 0.2) is 0 Å². The molecule has 1 aliphatic rings. The summed E-state index contributed by atoms with van der Waals surface area (Å²) in [6, 6.07) is 5.32. The SMILES string of the molecule is Cc1nccc(O[C@H]2CCN(C(=O)/C=C/c3ccco3)C2)n1. The van der Waals surface area contributed by atoms with E-state index in [1.54, 1.807) is 41.6 Å². The first kappa shape index (κ1) is 14.3. The van der Waals surface area contributed by atoms with Crippen LogP contribution in [-0.4, -0.2) is 40.0 Å². The number of rotatable bonds is 4. The van der Waals surface area contributed by atoms with Gasteiger partial charge in [-0.2, -0.15) is 4.98 Å². The second-order valence-electron chi connectivity index (χ2n) is 5.10. The van der Waals surface area contributed by atoms with Crippen LogP contribution in [0.15, 0.2) is 41.2 Å². The van der Waals surface area contributed by atoms with E-state index in [0.717, 1.165) is 6.42 Å². The van der Waals surface area contributed by atoms with Gasteiger partial charge in [-0.1, -0.05) is 0 Å². The molecular formula is C16H17N3O3. The summed E-state index contributed by atoms with van der Waals surface area (Å²) in [5.74, 6) is 1.85. The van der Waals surface area contributed by atoms with Crippen LogP contribution in [0.25, 0.3) is 6.08 Å². The second-order valence-corrected chi connectivity index (χ2v) is 5.10. The van der Waals surface area contributed by atoms with Gasteiger partial charge < -0.3 is 14.1 Å². The van der Waals surface area contributed by atoms with E-state index >= 15 is 0 Å². The van der Waals surface area contributed by atoms with Crippen LogP contribution in [0.4, 0.5) is 0 Å². The Hall–Kier alpha value is -2.63. The molecule has 1 fully saturated rings. The van der Waals surface area contributed by atoms with Gasteiger partial charge in [0.25, 0.3) is 0 Å². The van der Waals surface area contributed by atoms with E-state index in [2.05, 4.69) is 9.97 Å². The zero-order valence-electron chi connectivity index (χ0n) is 12.3. The molecule has 3 heterocycles. The van der Waals surface area contributed by atoms with Gasteiger partial charge in [0.2, 0.25) is 11.8 Å². The summed E-state index contributed by atoms with van der Waals surface area (Å²) in [6.45, 7) is 3.05. The standard InChI is InChI=1S/C16H17N3O3/c1-12-17-8-6-15(18-12)22-14-7-9-19(11-14)16(20)5-4-13-3-2-10-21-13/h2-6,8,10,14H,7,9,11H2,1H3/b5-4+/t14-/m0/s1. The van der Waals surface area contributed by atoms with E-state index in [4.69, 9.17) is 9.15 Å². The minimum absolute atomic E-state index is 0.0322. The summed E-state index contributed by atoms with van der Waals surface area (Å²) in [5, 5.41) is 0. The van der Waals surface area contributed by atoms with E-state index in [1.165, 1.54) is 6.08 Å². The van der Waals surface area contributed by atoms with Crippen LogP contribution in [0, 0.1) is 6.92 Å². The summed E-state index contributed by atoms with van der Waals surface area (Å²) in [4.78, 5) is 22.1. The Bertz CT molecular complexity index is 667. The smallest absolute Gasteiger partial charge is 0.246 e. The molecular weight excluding hydrogens is 282 g/mol. The molecule has 2 aromatic heterocycles. The van der Waals surface area contributed by atoms with Crippen molar-refractivity contribution in [2.75, 3.05) is 13.1 Å². The van der Waals surface area contributed by atoms with Crippen molar-refractivity contribution < 1.29 is 13.9 Å². The number of furan rings is 1. The van der Waals surface area contributed by atoms with Gasteiger partial charge in [0, 0.05) is 31.3 Å². The highest BCUT2D eigenvalue weighted by atomic mass is 16.5. The van der Waals surface area contributed by atoms with E-state index in [-0.39, 0.29) is 12.0 Å². The minimum Gasteiger partial charge on any atom is -0.472 e. The Morgan fingerprint density at radius 3 is 3.18 bits per heavy atom. The molecule has 6 heteroatoms. The van der Waals surface area contributed by atoms with Gasteiger partial charge in [-0.05, 0) is 25.1 Å². The largest absolute Gasteiger partial charge is 0.472 e. The molecule has 0 radical (unpaired) electrons. The van der Waals surface area contributed by atoms with Crippen LogP contribution in [-0.2, 0) is 4.79 Å². The Morgan fingerprint density at radius 2 is 2.41 bits per heavy atom. The molecule has 6 nitrogen and oxygen atoms in total. The van der Waals surface area contributed by atoms with Gasteiger partial charge in [-0.25, -0.2) is 4.98 Å². The zero-order valence-corrected chi connectivity index (χ0v) is 12.3. The van der Waals surface area contributed by atoms with Crippen LogP contribution >= 0.6 is 0 Å². The summed E-state index contributed by atoms with van der Waals surface area (Å²) >= 11 is 0. The van der Waals surface area contributed by atoms with Crippen LogP contribution < -0.4 is 4.74 Å². The molecule has 1 amide bonds. The lowest BCUT2D eigenvalue weighted by molar-refractivity contribution is -0.125. The zero-order chi connectivity index (χ0) is 15.4. The van der Waals surface area contributed by atoms with Crippen LogP contribution in [0.2, 0.25) is 0 Å². The van der Waals surface area contributed by atoms with Crippen molar-refractivity contribution in [3.05, 3.63) is 48.3 Å². The fourth-order valence-corrected chi connectivity index (χ4v) is 2.34. The third-order valence-corrected chi connectivity index (χ3v) is 3.43. The molecule has 114 valence electrons. The Labute approximate surface area is 128 Å². The number of aryl methyl sites for hydroxylation is 1. The topological polar surface area (TPSA) is 68.5 Å². The molecule has 0 aromatic carbocycles. The van der Waals surface area contributed by atoms with Crippen LogP contribution in [0.5, 0.6) is 5.88 Å². The molecule has 0 aliphatic carbocycles. The summed E-state index contributed by atoms with van der Waals surface area (Å²) < 4.78 is 11.0. The lowest BCUT2D eigenvalue weighted by atomic mass is 10.3. The van der Waals surface area contributed by atoms with E-state index < -0.39 is 0 Å². The average molecular weight is 299 g/mol. The summed E-state index contributed by atoms with van der Waals surface area (Å²) in [5.41, 5.74) is 0. The van der Waals surface area contributed by atoms with E-state index in [1.807, 2.05) is 6.92 Å². The first-order valence-corrected chi connectivity index (χ1v) is 7.17. The molecule has 22 heavy (non-hydrogen) atoms. The van der Waals surface area contributed by atoms with Crippen molar-refractivity contribution in [3.63, 3.8) is 0 Å². The van der Waals surface area contributed by atoms with Gasteiger partial charge in [0.05, 0.1) is 12.8 Å². The number of likely N-dealkylation sites (tertiary alicyclic amines) is 1. The molecule has 1 atom stereocenters. The van der Waals surface area contributed by atoms with Gasteiger partial charge in [-0.3, -0.25) is 4.79 Å². The molecule has 0 unspecified atom stereocenters. The number of hydrogen-bond acceptors (Lipinski definition) is 5. The van der Waals surface area contributed by atoms with Crippen LogP contribution in [0.1, 0.15) is 18.0 Å². The summed E-state index contributed by atoms with van der Waals surface area (Å²) in [6.07, 6.45) is 7.20. The first-order chi connectivity index (χ1) is 10.7. The number of aromatic nitrogens is 2. The van der Waals surface area contributed by atoms with Crippen molar-refractivity contribution >= 4 is 12.0 Å². The number of nitrogens with zero attached hydrogens (tertiary/aromatic N) is 3. The maximum absolute atomic E-state index is 12.1. The molecule has 0 spiro atoms. The van der Waals surface area contributed by atoms with Crippen molar-refractivity contribution in [1.29, 1.82) is 0 Å². The van der Waals surface area contributed by atoms with Crippen molar-refractivity contribution in [3.8, 4) is 5.88 Å². The van der Waals surface area contributed by atoms with E-state index in [9.17, 15) is 4.79 Å². The molecule has 1 aliphatic heterocycles. The summed E-state index contributed by atoms with van der Waals surface area (Å²) in [7, 11) is 0. The molecule has 0 N–H and O–H groups in total. The Kier molecular flexibility index (Phi) is 4.18. The van der Waals surface area contributed by atoms with Gasteiger partial charge in [0.1, 0.15) is 17.7 Å². The third-order valence-electron chi connectivity index (χ3n) is 3.43. The lowest BCUT2D eigenvalue weighted by Crippen LogP contribution is -2.29. The number of hydrogen-bond donors (Lipinski definition) is 0. The normalized spacial score (nSPS) is 18.0. The third kappa shape index (κ3) is 3.52. The molecule has 0 bridgehead atoms. The van der Waals surface area contributed by atoms with Gasteiger partial charge in [-0.15, -0.1) is 0 Å². The Balaban J connectivity index is 1.54. The van der Waals surface area contributed by atoms with Crippen molar-refractivity contribution in [2.24, 2.45) is 0 Å². The predicted octanol–water partition coefficient (Wildman–Crippen LogP) is 2.07. The molecule has 3 rings (SSSR count). The maximum atomic E-state index is 12.1. The molecule has 0 saturated carbocycles. The van der Waals surface area contributed by atoms with Crippen LogP contribution in [0.3, 0.4) is 0 Å². The fourth-order valence-electron chi connectivity index (χ4n) is 2.34. The fraction of sp³-hybridized carbons (Fsp3) is 0.312. The quantitative estimate of drug-likeness (QED) is 0.808. The van der Waals surface area contributed by atoms with E-state index in [0.29, 0.717) is 30.6 Å². The average Bonchev–Trinajstić information content (AvgIpc) is 3.16. The highest BCUT2D eigenvalue weighted by Crippen LogP contribution is 2.17. The van der Waals surface area contributed by atoms with Crippen molar-refractivity contribution in [2.45, 2.75) is 19.4 Å². The number of ether oxygens (including phenoxy) is 1. The minimum atomic E-state index is -0.0404. The number of carbonyl (C=O) groups is 1. The van der Waals surface area contributed by atoms with Crippen molar-refractivity contribution in [1.82, 2.24) is 14.9 Å².